The molecule has 0 saturated heterocycles. The Morgan fingerprint density at radius 3 is 2.11 bits per heavy atom. The molecule has 0 spiro atoms. The topological polar surface area (TPSA) is 49.3 Å². The van der Waals surface area contributed by atoms with Crippen molar-refractivity contribution in [1.82, 2.24) is 5.32 Å². The lowest BCUT2D eigenvalue weighted by Gasteiger charge is -2.53. The van der Waals surface area contributed by atoms with Crippen molar-refractivity contribution in [2.75, 3.05) is 0 Å². The lowest BCUT2D eigenvalue weighted by atomic mass is 9.51. The van der Waals surface area contributed by atoms with E-state index >= 15 is 0 Å². The van der Waals surface area contributed by atoms with Crippen LogP contribution in [0.15, 0.2) is 0 Å². The molecule has 0 heterocycles. The summed E-state index contributed by atoms with van der Waals surface area (Å²) in [6.07, 6.45) is 6.89. The summed E-state index contributed by atoms with van der Waals surface area (Å²) in [7, 11) is 0. The zero-order chi connectivity index (χ0) is 13.6. The van der Waals surface area contributed by atoms with E-state index in [1.807, 2.05) is 6.92 Å². The molecular weight excluding hydrogens is 238 g/mol. The minimum Gasteiger partial charge on any atom is -0.393 e. The second kappa shape index (κ2) is 5.08. The van der Waals surface area contributed by atoms with E-state index in [-0.39, 0.29) is 24.0 Å². The van der Waals surface area contributed by atoms with Crippen LogP contribution in [0, 0.1) is 29.6 Å². The van der Waals surface area contributed by atoms with Crippen molar-refractivity contribution in [2.24, 2.45) is 29.6 Å². The Balaban J connectivity index is 1.61. The minimum absolute atomic E-state index is 0.0877. The Hall–Kier alpha value is -0.570. The molecule has 4 saturated carbocycles. The molecule has 0 aromatic rings. The predicted octanol–water partition coefficient (Wildman–Crippen LogP) is 2.33. The van der Waals surface area contributed by atoms with E-state index in [1.165, 1.54) is 32.1 Å². The van der Waals surface area contributed by atoms with E-state index in [1.54, 1.807) is 6.92 Å². The summed E-state index contributed by atoms with van der Waals surface area (Å²) in [6.45, 7) is 3.78. The molecule has 108 valence electrons. The van der Waals surface area contributed by atoms with Gasteiger partial charge in [0.15, 0.2) is 0 Å². The summed E-state index contributed by atoms with van der Waals surface area (Å²) in [5, 5.41) is 12.5. The lowest BCUT2D eigenvalue weighted by molar-refractivity contribution is -0.138. The van der Waals surface area contributed by atoms with Crippen LogP contribution in [0.2, 0.25) is 0 Å². The largest absolute Gasteiger partial charge is 0.393 e. The van der Waals surface area contributed by atoms with Gasteiger partial charge in [0, 0.05) is 12.0 Å². The van der Waals surface area contributed by atoms with Crippen molar-refractivity contribution in [2.45, 2.75) is 64.5 Å². The first kappa shape index (κ1) is 13.4. The molecule has 0 aromatic heterocycles. The molecule has 0 aliphatic heterocycles. The molecule has 0 radical (unpaired) electrons. The number of carbonyl (C=O) groups is 1. The number of hydrogen-bond donors (Lipinski definition) is 2. The Morgan fingerprint density at radius 2 is 1.63 bits per heavy atom. The number of hydrogen-bond acceptors (Lipinski definition) is 2. The smallest absolute Gasteiger partial charge is 0.223 e. The summed E-state index contributed by atoms with van der Waals surface area (Å²) in [6, 6.07) is 0.0877. The first-order valence-electron chi connectivity index (χ1n) is 8.01. The molecule has 4 bridgehead atoms. The molecule has 0 aromatic carbocycles. The van der Waals surface area contributed by atoms with Gasteiger partial charge in [0.05, 0.1) is 6.10 Å². The van der Waals surface area contributed by atoms with Crippen molar-refractivity contribution in [1.29, 1.82) is 0 Å². The second-order valence-electron chi connectivity index (χ2n) is 7.45. The van der Waals surface area contributed by atoms with Gasteiger partial charge in [-0.05, 0) is 76.0 Å². The Labute approximate surface area is 116 Å². The molecule has 3 nitrogen and oxygen atoms in total. The van der Waals surface area contributed by atoms with E-state index in [2.05, 4.69) is 5.32 Å². The molecule has 2 N–H and O–H groups in total. The third kappa shape index (κ3) is 2.67. The predicted molar refractivity (Wildman–Crippen MR) is 74.4 cm³/mol. The van der Waals surface area contributed by atoms with Crippen molar-refractivity contribution in [3.05, 3.63) is 0 Å². The molecule has 1 amide bonds. The first-order chi connectivity index (χ1) is 9.02. The summed E-state index contributed by atoms with van der Waals surface area (Å²) in [5.74, 6) is 3.67. The average molecular weight is 265 g/mol. The van der Waals surface area contributed by atoms with E-state index in [0.29, 0.717) is 18.3 Å². The van der Waals surface area contributed by atoms with Crippen molar-refractivity contribution in [3.8, 4) is 0 Å². The fraction of sp³-hybridized carbons (Fsp3) is 0.938. The highest BCUT2D eigenvalue weighted by atomic mass is 16.3. The molecule has 4 aliphatic rings. The Kier molecular flexibility index (Phi) is 3.59. The van der Waals surface area contributed by atoms with Crippen LogP contribution in [0.1, 0.15) is 52.4 Å². The minimum atomic E-state index is -0.339. The molecular formula is C16H27NO2. The molecule has 2 atom stereocenters. The Morgan fingerprint density at radius 1 is 1.11 bits per heavy atom. The van der Waals surface area contributed by atoms with Crippen LogP contribution >= 0.6 is 0 Å². The number of carbonyl (C=O) groups excluding carboxylic acids is 1. The van der Waals surface area contributed by atoms with Gasteiger partial charge in [0.25, 0.3) is 0 Å². The number of amides is 1. The summed E-state index contributed by atoms with van der Waals surface area (Å²) in [5.41, 5.74) is 0. The molecule has 3 heteroatoms. The fourth-order valence-corrected chi connectivity index (χ4v) is 5.26. The van der Waals surface area contributed by atoms with Crippen LogP contribution in [0.5, 0.6) is 0 Å². The zero-order valence-corrected chi connectivity index (χ0v) is 12.1. The summed E-state index contributed by atoms with van der Waals surface area (Å²) >= 11 is 0. The van der Waals surface area contributed by atoms with Crippen molar-refractivity contribution >= 4 is 5.91 Å². The van der Waals surface area contributed by atoms with E-state index < -0.39 is 0 Å². The van der Waals surface area contributed by atoms with Gasteiger partial charge in [-0.25, -0.2) is 0 Å². The van der Waals surface area contributed by atoms with Crippen LogP contribution in [-0.2, 0) is 4.79 Å². The van der Waals surface area contributed by atoms with Crippen molar-refractivity contribution < 1.29 is 9.90 Å². The van der Waals surface area contributed by atoms with E-state index in [0.717, 1.165) is 11.8 Å². The lowest BCUT2D eigenvalue weighted by Crippen LogP contribution is -2.52. The van der Waals surface area contributed by atoms with Gasteiger partial charge < -0.3 is 10.4 Å². The van der Waals surface area contributed by atoms with Crippen LogP contribution in [0.25, 0.3) is 0 Å². The highest BCUT2D eigenvalue weighted by Gasteiger charge is 2.50. The van der Waals surface area contributed by atoms with Crippen LogP contribution in [0.3, 0.4) is 0 Å². The van der Waals surface area contributed by atoms with Crippen LogP contribution in [0.4, 0.5) is 0 Å². The van der Waals surface area contributed by atoms with Gasteiger partial charge >= 0.3 is 0 Å². The van der Waals surface area contributed by atoms with Gasteiger partial charge in [0.2, 0.25) is 5.91 Å². The number of rotatable bonds is 4. The standard InChI is InChI=1S/C16H27NO2/c1-9(3-10(2)18)17-16(19)15-13-5-11-4-12(7-13)8-14(15)6-11/h9-15,18H,3-8H2,1-2H3,(H,17,19). The maximum Gasteiger partial charge on any atom is 0.223 e. The highest BCUT2D eigenvalue weighted by Crippen LogP contribution is 2.56. The van der Waals surface area contributed by atoms with Gasteiger partial charge in [-0.15, -0.1) is 0 Å². The monoisotopic (exact) mass is 265 g/mol. The summed E-state index contributed by atoms with van der Waals surface area (Å²) in [4.78, 5) is 12.5. The third-order valence-electron chi connectivity index (χ3n) is 5.61. The molecule has 4 rings (SSSR count). The van der Waals surface area contributed by atoms with Crippen molar-refractivity contribution in [3.63, 3.8) is 0 Å². The molecule has 2 unspecified atom stereocenters. The number of nitrogens with one attached hydrogen (secondary N) is 1. The quantitative estimate of drug-likeness (QED) is 0.819. The Bertz CT molecular complexity index is 325. The maximum absolute atomic E-state index is 12.5. The third-order valence-corrected chi connectivity index (χ3v) is 5.61. The SMILES string of the molecule is CC(O)CC(C)NC(=O)C1C2CC3CC(C2)CC1C3. The fourth-order valence-electron chi connectivity index (χ4n) is 5.26. The van der Waals surface area contributed by atoms with Gasteiger partial charge in [0.1, 0.15) is 0 Å². The zero-order valence-electron chi connectivity index (χ0n) is 12.1. The highest BCUT2D eigenvalue weighted by molar-refractivity contribution is 5.80. The molecule has 4 fully saturated rings. The van der Waals surface area contributed by atoms with E-state index in [9.17, 15) is 9.90 Å². The maximum atomic E-state index is 12.5. The van der Waals surface area contributed by atoms with Crippen LogP contribution < -0.4 is 5.32 Å². The normalized spacial score (nSPS) is 43.0. The van der Waals surface area contributed by atoms with Gasteiger partial charge in [-0.3, -0.25) is 4.79 Å². The molecule has 19 heavy (non-hydrogen) atoms. The van der Waals surface area contributed by atoms with Crippen LogP contribution in [-0.4, -0.2) is 23.2 Å². The number of aliphatic hydroxyl groups excluding tert-OH is 1. The molecule has 4 aliphatic carbocycles. The van der Waals surface area contributed by atoms with Gasteiger partial charge in [-0.2, -0.15) is 0 Å². The van der Waals surface area contributed by atoms with E-state index in [4.69, 9.17) is 0 Å². The first-order valence-corrected chi connectivity index (χ1v) is 8.01. The second-order valence-corrected chi connectivity index (χ2v) is 7.45. The van der Waals surface area contributed by atoms with Gasteiger partial charge in [-0.1, -0.05) is 0 Å². The number of aliphatic hydroxyl groups is 1. The summed E-state index contributed by atoms with van der Waals surface area (Å²) < 4.78 is 0. The average Bonchev–Trinajstić information content (AvgIpc) is 2.25.